The van der Waals surface area contributed by atoms with Crippen LogP contribution in [0.25, 0.3) is 0 Å². The summed E-state index contributed by atoms with van der Waals surface area (Å²) >= 11 is 0. The van der Waals surface area contributed by atoms with Crippen molar-refractivity contribution >= 4 is 11.8 Å². The number of anilines is 1. The molecule has 1 heterocycles. The molecule has 0 spiro atoms. The lowest BCUT2D eigenvalue weighted by Gasteiger charge is -2.15. The SMILES string of the molecule is COc1ccc(N2CC(CCN)OC2=O)cc1OC. The van der Waals surface area contributed by atoms with E-state index < -0.39 is 0 Å². The molecule has 1 amide bonds. The van der Waals surface area contributed by atoms with Crippen LogP contribution in [0.15, 0.2) is 18.2 Å². The molecule has 1 aliphatic heterocycles. The summed E-state index contributed by atoms with van der Waals surface area (Å²) in [5, 5.41) is 0. The number of methoxy groups -OCH3 is 2. The maximum Gasteiger partial charge on any atom is 0.414 e. The van der Waals surface area contributed by atoms with E-state index in [4.69, 9.17) is 19.9 Å². The van der Waals surface area contributed by atoms with Gasteiger partial charge in [-0.3, -0.25) is 4.90 Å². The van der Waals surface area contributed by atoms with Crippen molar-refractivity contribution < 1.29 is 19.0 Å². The Labute approximate surface area is 112 Å². The fourth-order valence-corrected chi connectivity index (χ4v) is 2.06. The van der Waals surface area contributed by atoms with E-state index in [1.807, 2.05) is 0 Å². The Balaban J connectivity index is 2.20. The Morgan fingerprint density at radius 2 is 2.11 bits per heavy atom. The van der Waals surface area contributed by atoms with Crippen LogP contribution < -0.4 is 20.1 Å². The summed E-state index contributed by atoms with van der Waals surface area (Å²) in [7, 11) is 3.13. The van der Waals surface area contributed by atoms with Crippen molar-refractivity contribution in [3.8, 4) is 11.5 Å². The average Bonchev–Trinajstić information content (AvgIpc) is 2.79. The van der Waals surface area contributed by atoms with Crippen molar-refractivity contribution in [1.29, 1.82) is 0 Å². The van der Waals surface area contributed by atoms with Crippen LogP contribution in [0.3, 0.4) is 0 Å². The van der Waals surface area contributed by atoms with Gasteiger partial charge in [-0.15, -0.1) is 0 Å². The molecule has 1 saturated heterocycles. The van der Waals surface area contributed by atoms with Gasteiger partial charge < -0.3 is 19.9 Å². The van der Waals surface area contributed by atoms with Gasteiger partial charge in [-0.05, 0) is 25.1 Å². The van der Waals surface area contributed by atoms with Crippen molar-refractivity contribution in [2.24, 2.45) is 5.73 Å². The normalized spacial score (nSPS) is 18.4. The zero-order valence-corrected chi connectivity index (χ0v) is 11.1. The predicted molar refractivity (Wildman–Crippen MR) is 70.8 cm³/mol. The van der Waals surface area contributed by atoms with E-state index in [9.17, 15) is 4.79 Å². The molecular weight excluding hydrogens is 248 g/mol. The van der Waals surface area contributed by atoms with Gasteiger partial charge in [0.1, 0.15) is 6.10 Å². The van der Waals surface area contributed by atoms with Crippen LogP contribution in [0, 0.1) is 0 Å². The van der Waals surface area contributed by atoms with E-state index in [-0.39, 0.29) is 12.2 Å². The number of benzene rings is 1. The molecule has 1 unspecified atom stereocenters. The second-order valence-electron chi connectivity index (χ2n) is 4.23. The number of nitrogens with two attached hydrogens (primary N) is 1. The number of cyclic esters (lactones) is 1. The van der Waals surface area contributed by atoms with Gasteiger partial charge in [0.05, 0.1) is 26.5 Å². The smallest absolute Gasteiger partial charge is 0.414 e. The van der Waals surface area contributed by atoms with Gasteiger partial charge in [0, 0.05) is 6.07 Å². The van der Waals surface area contributed by atoms with E-state index in [1.165, 1.54) is 0 Å². The highest BCUT2D eigenvalue weighted by molar-refractivity contribution is 5.90. The van der Waals surface area contributed by atoms with Crippen molar-refractivity contribution in [1.82, 2.24) is 0 Å². The van der Waals surface area contributed by atoms with E-state index >= 15 is 0 Å². The summed E-state index contributed by atoms with van der Waals surface area (Å²) < 4.78 is 15.6. The van der Waals surface area contributed by atoms with E-state index in [1.54, 1.807) is 37.3 Å². The Morgan fingerprint density at radius 3 is 2.74 bits per heavy atom. The lowest BCUT2D eigenvalue weighted by molar-refractivity contribution is 0.138. The summed E-state index contributed by atoms with van der Waals surface area (Å²) in [5.41, 5.74) is 6.20. The first-order chi connectivity index (χ1) is 9.19. The molecule has 1 aromatic rings. The zero-order chi connectivity index (χ0) is 13.8. The largest absolute Gasteiger partial charge is 0.493 e. The van der Waals surface area contributed by atoms with Crippen LogP contribution in [0.1, 0.15) is 6.42 Å². The Hall–Kier alpha value is -1.95. The van der Waals surface area contributed by atoms with Crippen molar-refractivity contribution in [3.05, 3.63) is 18.2 Å². The molecule has 0 radical (unpaired) electrons. The second-order valence-corrected chi connectivity index (χ2v) is 4.23. The molecule has 6 heteroatoms. The molecule has 0 aliphatic carbocycles. The Morgan fingerprint density at radius 1 is 1.37 bits per heavy atom. The van der Waals surface area contributed by atoms with Crippen LogP contribution in [-0.4, -0.2) is 39.5 Å². The van der Waals surface area contributed by atoms with Gasteiger partial charge in [0.25, 0.3) is 0 Å². The molecule has 1 aromatic carbocycles. The van der Waals surface area contributed by atoms with E-state index in [0.29, 0.717) is 31.0 Å². The predicted octanol–water partition coefficient (Wildman–Crippen LogP) is 1.38. The number of hydrogen-bond donors (Lipinski definition) is 1. The molecule has 6 nitrogen and oxygen atoms in total. The van der Waals surface area contributed by atoms with E-state index in [0.717, 1.165) is 5.69 Å². The third kappa shape index (κ3) is 2.73. The quantitative estimate of drug-likeness (QED) is 0.871. The molecule has 0 aromatic heterocycles. The van der Waals surface area contributed by atoms with Crippen LogP contribution in [0.2, 0.25) is 0 Å². The highest BCUT2D eigenvalue weighted by atomic mass is 16.6. The van der Waals surface area contributed by atoms with Crippen LogP contribution in [0.4, 0.5) is 10.5 Å². The summed E-state index contributed by atoms with van der Waals surface area (Å²) in [6.07, 6.45) is 0.159. The summed E-state index contributed by atoms with van der Waals surface area (Å²) in [5.74, 6) is 1.20. The minimum Gasteiger partial charge on any atom is -0.493 e. The standard InChI is InChI=1S/C13H18N2O4/c1-17-11-4-3-9(7-12(11)18-2)15-8-10(5-6-14)19-13(15)16/h3-4,7,10H,5-6,8,14H2,1-2H3. The highest BCUT2D eigenvalue weighted by Gasteiger charge is 2.32. The second kappa shape index (κ2) is 5.79. The van der Waals surface area contributed by atoms with Crippen LogP contribution >= 0.6 is 0 Å². The lowest BCUT2D eigenvalue weighted by atomic mass is 10.2. The minimum absolute atomic E-state index is 0.148. The number of carbonyl (C=O) groups excluding carboxylic acids is 1. The molecule has 2 rings (SSSR count). The first-order valence-electron chi connectivity index (χ1n) is 6.09. The number of ether oxygens (including phenoxy) is 3. The Bertz CT molecular complexity index is 464. The monoisotopic (exact) mass is 266 g/mol. The molecule has 1 atom stereocenters. The maximum absolute atomic E-state index is 11.8. The fraction of sp³-hybridized carbons (Fsp3) is 0.462. The van der Waals surface area contributed by atoms with Crippen LogP contribution in [-0.2, 0) is 4.74 Å². The van der Waals surface area contributed by atoms with Gasteiger partial charge in [-0.2, -0.15) is 0 Å². The molecular formula is C13H18N2O4. The van der Waals surface area contributed by atoms with Crippen molar-refractivity contribution in [2.45, 2.75) is 12.5 Å². The van der Waals surface area contributed by atoms with Gasteiger partial charge in [-0.1, -0.05) is 0 Å². The Kier molecular flexibility index (Phi) is 4.11. The molecule has 2 N–H and O–H groups in total. The topological polar surface area (TPSA) is 74.0 Å². The van der Waals surface area contributed by atoms with Crippen LogP contribution in [0.5, 0.6) is 11.5 Å². The van der Waals surface area contributed by atoms with Gasteiger partial charge in [0.2, 0.25) is 0 Å². The third-order valence-electron chi connectivity index (χ3n) is 3.04. The average molecular weight is 266 g/mol. The molecule has 19 heavy (non-hydrogen) atoms. The van der Waals surface area contributed by atoms with Gasteiger partial charge in [-0.25, -0.2) is 4.79 Å². The number of rotatable bonds is 5. The van der Waals surface area contributed by atoms with Gasteiger partial charge >= 0.3 is 6.09 Å². The molecule has 0 saturated carbocycles. The zero-order valence-electron chi connectivity index (χ0n) is 11.1. The number of nitrogens with zero attached hydrogens (tertiary/aromatic N) is 1. The van der Waals surface area contributed by atoms with E-state index in [2.05, 4.69) is 0 Å². The summed E-state index contributed by atoms with van der Waals surface area (Å²) in [6, 6.07) is 5.32. The first-order valence-corrected chi connectivity index (χ1v) is 6.09. The molecule has 104 valence electrons. The molecule has 1 aliphatic rings. The van der Waals surface area contributed by atoms with Crippen molar-refractivity contribution in [3.63, 3.8) is 0 Å². The molecule has 1 fully saturated rings. The third-order valence-corrected chi connectivity index (χ3v) is 3.04. The summed E-state index contributed by atoms with van der Waals surface area (Å²) in [4.78, 5) is 13.4. The number of hydrogen-bond acceptors (Lipinski definition) is 5. The number of amides is 1. The molecule has 0 bridgehead atoms. The highest BCUT2D eigenvalue weighted by Crippen LogP contribution is 2.33. The maximum atomic E-state index is 11.8. The minimum atomic E-state index is -0.356. The summed E-state index contributed by atoms with van der Waals surface area (Å²) in [6.45, 7) is 1.00. The van der Waals surface area contributed by atoms with Gasteiger partial charge in [0.15, 0.2) is 11.5 Å². The lowest BCUT2D eigenvalue weighted by Crippen LogP contribution is -2.25. The first kappa shape index (κ1) is 13.5. The fourth-order valence-electron chi connectivity index (χ4n) is 2.06. The number of carbonyl (C=O) groups is 1. The van der Waals surface area contributed by atoms with Crippen molar-refractivity contribution in [2.75, 3.05) is 32.2 Å².